The van der Waals surface area contributed by atoms with Gasteiger partial charge in [-0.3, -0.25) is 4.79 Å². The average molecular weight is 229 g/mol. The Bertz CT molecular complexity index is 214. The summed E-state index contributed by atoms with van der Waals surface area (Å²) in [6.45, 7) is 13.8. The van der Waals surface area contributed by atoms with Crippen molar-refractivity contribution in [3.8, 4) is 0 Å². The molecule has 0 aromatic rings. The number of carboxylic acid groups (broad SMARTS) is 1. The van der Waals surface area contributed by atoms with E-state index in [0.717, 1.165) is 6.54 Å². The molecule has 0 rings (SSSR count). The van der Waals surface area contributed by atoms with Crippen molar-refractivity contribution in [3.63, 3.8) is 0 Å². The summed E-state index contributed by atoms with van der Waals surface area (Å²) in [5.41, 5.74) is -0.682. The van der Waals surface area contributed by atoms with E-state index in [9.17, 15) is 4.79 Å². The normalized spacial score (nSPS) is 12.8. The topological polar surface area (TPSA) is 49.3 Å². The van der Waals surface area contributed by atoms with Crippen molar-refractivity contribution in [2.24, 2.45) is 23.2 Å². The largest absolute Gasteiger partial charge is 0.481 e. The molecule has 0 fully saturated rings. The summed E-state index contributed by atoms with van der Waals surface area (Å²) in [5, 5.41) is 12.3. The SMILES string of the molecule is CC(C)C(CNCC(C)(C)C(=O)O)C(C)C. The maximum absolute atomic E-state index is 10.9. The quantitative estimate of drug-likeness (QED) is 0.705. The first-order valence-corrected chi connectivity index (χ1v) is 6.12. The number of nitrogens with one attached hydrogen (secondary N) is 1. The van der Waals surface area contributed by atoms with Gasteiger partial charge in [-0.05, 0) is 38.1 Å². The second kappa shape index (κ2) is 6.24. The van der Waals surface area contributed by atoms with Crippen molar-refractivity contribution in [1.29, 1.82) is 0 Å². The lowest BCUT2D eigenvalue weighted by Gasteiger charge is -2.27. The summed E-state index contributed by atoms with van der Waals surface area (Å²) in [6.07, 6.45) is 0. The molecule has 0 saturated carbocycles. The average Bonchev–Trinajstić information content (AvgIpc) is 2.10. The van der Waals surface area contributed by atoms with Gasteiger partial charge in [-0.1, -0.05) is 27.7 Å². The molecule has 0 aromatic carbocycles. The van der Waals surface area contributed by atoms with Crippen LogP contribution >= 0.6 is 0 Å². The van der Waals surface area contributed by atoms with Crippen molar-refractivity contribution in [1.82, 2.24) is 5.32 Å². The number of hydrogen-bond acceptors (Lipinski definition) is 2. The first-order valence-electron chi connectivity index (χ1n) is 6.12. The van der Waals surface area contributed by atoms with Crippen LogP contribution in [0.4, 0.5) is 0 Å². The fourth-order valence-corrected chi connectivity index (χ4v) is 1.87. The van der Waals surface area contributed by atoms with E-state index in [1.165, 1.54) is 0 Å². The van der Waals surface area contributed by atoms with E-state index in [1.807, 2.05) is 0 Å². The van der Waals surface area contributed by atoms with Crippen molar-refractivity contribution >= 4 is 5.97 Å². The van der Waals surface area contributed by atoms with Gasteiger partial charge in [-0.15, -0.1) is 0 Å². The number of hydrogen-bond donors (Lipinski definition) is 2. The highest BCUT2D eigenvalue weighted by Gasteiger charge is 2.27. The van der Waals surface area contributed by atoms with Crippen molar-refractivity contribution in [3.05, 3.63) is 0 Å². The summed E-state index contributed by atoms with van der Waals surface area (Å²) < 4.78 is 0. The van der Waals surface area contributed by atoms with Gasteiger partial charge < -0.3 is 10.4 Å². The van der Waals surface area contributed by atoms with E-state index >= 15 is 0 Å². The minimum Gasteiger partial charge on any atom is -0.481 e. The van der Waals surface area contributed by atoms with Crippen LogP contribution in [0.25, 0.3) is 0 Å². The summed E-state index contributed by atoms with van der Waals surface area (Å²) in [6, 6.07) is 0. The lowest BCUT2D eigenvalue weighted by atomic mass is 9.85. The molecule has 0 atom stereocenters. The Morgan fingerprint density at radius 2 is 1.62 bits per heavy atom. The van der Waals surface area contributed by atoms with Gasteiger partial charge in [0, 0.05) is 6.54 Å². The van der Waals surface area contributed by atoms with Crippen LogP contribution in [-0.2, 0) is 4.79 Å². The fourth-order valence-electron chi connectivity index (χ4n) is 1.87. The van der Waals surface area contributed by atoms with E-state index in [0.29, 0.717) is 24.3 Å². The Morgan fingerprint density at radius 1 is 1.19 bits per heavy atom. The summed E-state index contributed by atoms with van der Waals surface area (Å²) >= 11 is 0. The lowest BCUT2D eigenvalue weighted by molar-refractivity contribution is -0.146. The first kappa shape index (κ1) is 15.4. The van der Waals surface area contributed by atoms with Crippen LogP contribution < -0.4 is 5.32 Å². The molecule has 96 valence electrons. The third-order valence-electron chi connectivity index (χ3n) is 3.24. The third kappa shape index (κ3) is 4.97. The molecule has 3 nitrogen and oxygen atoms in total. The predicted molar refractivity (Wildman–Crippen MR) is 67.5 cm³/mol. The number of rotatable bonds is 7. The maximum Gasteiger partial charge on any atom is 0.310 e. The molecular formula is C13H27NO2. The van der Waals surface area contributed by atoms with Crippen LogP contribution in [0.3, 0.4) is 0 Å². The Balaban J connectivity index is 4.10. The molecule has 0 saturated heterocycles. The van der Waals surface area contributed by atoms with Crippen LogP contribution in [0.2, 0.25) is 0 Å². The van der Waals surface area contributed by atoms with Crippen molar-refractivity contribution in [2.75, 3.05) is 13.1 Å². The van der Waals surface area contributed by atoms with Gasteiger partial charge in [-0.25, -0.2) is 0 Å². The van der Waals surface area contributed by atoms with Crippen LogP contribution in [0, 0.1) is 23.2 Å². The second-order valence-electron chi connectivity index (χ2n) is 5.97. The monoisotopic (exact) mass is 229 g/mol. The zero-order valence-electron chi connectivity index (χ0n) is 11.5. The highest BCUT2D eigenvalue weighted by atomic mass is 16.4. The molecular weight excluding hydrogens is 202 g/mol. The van der Waals surface area contributed by atoms with Gasteiger partial charge >= 0.3 is 5.97 Å². The molecule has 0 spiro atoms. The third-order valence-corrected chi connectivity index (χ3v) is 3.24. The molecule has 0 aromatic heterocycles. The van der Waals surface area contributed by atoms with E-state index in [2.05, 4.69) is 33.0 Å². The Hall–Kier alpha value is -0.570. The van der Waals surface area contributed by atoms with E-state index in [4.69, 9.17) is 5.11 Å². The van der Waals surface area contributed by atoms with Crippen molar-refractivity contribution < 1.29 is 9.90 Å². The Morgan fingerprint density at radius 3 is 1.94 bits per heavy atom. The molecule has 0 radical (unpaired) electrons. The van der Waals surface area contributed by atoms with Gasteiger partial charge in [0.15, 0.2) is 0 Å². The van der Waals surface area contributed by atoms with E-state index < -0.39 is 11.4 Å². The van der Waals surface area contributed by atoms with Gasteiger partial charge in [-0.2, -0.15) is 0 Å². The number of aliphatic carboxylic acids is 1. The zero-order valence-corrected chi connectivity index (χ0v) is 11.5. The minimum absolute atomic E-state index is 0.526. The molecule has 0 bridgehead atoms. The standard InChI is InChI=1S/C13H27NO2/c1-9(2)11(10(3)4)7-14-8-13(5,6)12(15)16/h9-11,14H,7-8H2,1-6H3,(H,15,16). The van der Waals surface area contributed by atoms with Gasteiger partial charge in [0.1, 0.15) is 0 Å². The van der Waals surface area contributed by atoms with Gasteiger partial charge in [0.05, 0.1) is 5.41 Å². The lowest BCUT2D eigenvalue weighted by Crippen LogP contribution is -2.39. The molecule has 3 heteroatoms. The van der Waals surface area contributed by atoms with Gasteiger partial charge in [0.25, 0.3) is 0 Å². The summed E-state index contributed by atoms with van der Waals surface area (Å²) in [7, 11) is 0. The van der Waals surface area contributed by atoms with Crippen LogP contribution in [0.5, 0.6) is 0 Å². The molecule has 0 amide bonds. The van der Waals surface area contributed by atoms with Crippen LogP contribution in [-0.4, -0.2) is 24.2 Å². The fraction of sp³-hybridized carbons (Fsp3) is 0.923. The van der Waals surface area contributed by atoms with Crippen LogP contribution in [0.15, 0.2) is 0 Å². The molecule has 2 N–H and O–H groups in total. The maximum atomic E-state index is 10.9. The minimum atomic E-state index is -0.745. The molecule has 0 unspecified atom stereocenters. The smallest absolute Gasteiger partial charge is 0.310 e. The molecule has 0 aliphatic rings. The number of carboxylic acids is 1. The van der Waals surface area contributed by atoms with E-state index in [1.54, 1.807) is 13.8 Å². The molecule has 16 heavy (non-hydrogen) atoms. The predicted octanol–water partition coefficient (Wildman–Crippen LogP) is 2.62. The second-order valence-corrected chi connectivity index (χ2v) is 5.97. The van der Waals surface area contributed by atoms with Crippen molar-refractivity contribution in [2.45, 2.75) is 41.5 Å². The number of carbonyl (C=O) groups is 1. The highest BCUT2D eigenvalue weighted by molar-refractivity contribution is 5.73. The molecule has 0 aliphatic carbocycles. The van der Waals surface area contributed by atoms with Gasteiger partial charge in [0.2, 0.25) is 0 Å². The summed E-state index contributed by atoms with van der Waals surface area (Å²) in [5.74, 6) is 1.11. The Kier molecular flexibility index (Phi) is 6.01. The van der Waals surface area contributed by atoms with E-state index in [-0.39, 0.29) is 0 Å². The van der Waals surface area contributed by atoms with Crippen LogP contribution in [0.1, 0.15) is 41.5 Å². The molecule has 0 heterocycles. The first-order chi connectivity index (χ1) is 7.18. The Labute approximate surface area is 99.6 Å². The highest BCUT2D eigenvalue weighted by Crippen LogP contribution is 2.20. The summed E-state index contributed by atoms with van der Waals surface area (Å²) in [4.78, 5) is 10.9. The zero-order chi connectivity index (χ0) is 12.9. The molecule has 0 aliphatic heterocycles.